The summed E-state index contributed by atoms with van der Waals surface area (Å²) >= 11 is 0. The Labute approximate surface area is 136 Å². The predicted octanol–water partition coefficient (Wildman–Crippen LogP) is 2.08. The number of hydrogen-bond donors (Lipinski definition) is 3. The largest absolute Gasteiger partial charge is 0.478 e. The fourth-order valence-electron chi connectivity index (χ4n) is 2.50. The van der Waals surface area contributed by atoms with E-state index in [-0.39, 0.29) is 29.1 Å². The number of aliphatic carboxylic acids is 2. The van der Waals surface area contributed by atoms with E-state index in [2.05, 4.69) is 0 Å². The number of rotatable bonds is 4. The molecule has 0 bridgehead atoms. The Hall–Kier alpha value is -3.48. The summed E-state index contributed by atoms with van der Waals surface area (Å²) in [5.41, 5.74) is 5.72. The maximum Gasteiger partial charge on any atom is 0.337 e. The van der Waals surface area contributed by atoms with Crippen molar-refractivity contribution in [3.05, 3.63) is 53.6 Å². The smallest absolute Gasteiger partial charge is 0.337 e. The zero-order chi connectivity index (χ0) is 17.3. The normalized spacial score (nSPS) is 13.3. The van der Waals surface area contributed by atoms with Crippen LogP contribution >= 0.6 is 0 Å². The van der Waals surface area contributed by atoms with Gasteiger partial charge in [0.1, 0.15) is 0 Å². The van der Waals surface area contributed by atoms with Gasteiger partial charge >= 0.3 is 11.9 Å². The van der Waals surface area contributed by atoms with Gasteiger partial charge in [0.15, 0.2) is 11.5 Å². The summed E-state index contributed by atoms with van der Waals surface area (Å²) in [6.07, 6.45) is 0. The molecule has 3 rings (SSSR count). The Morgan fingerprint density at radius 3 is 2.12 bits per heavy atom. The van der Waals surface area contributed by atoms with E-state index >= 15 is 0 Å². The maximum atomic E-state index is 11.8. The van der Waals surface area contributed by atoms with Crippen LogP contribution in [0.25, 0.3) is 11.1 Å². The molecule has 4 N–H and O–H groups in total. The number of benzene rings is 2. The fraction of sp³-hybridized carbons (Fsp3) is 0.0588. The number of carboxylic acids is 2. The summed E-state index contributed by atoms with van der Waals surface area (Å²) in [7, 11) is 0. The average Bonchev–Trinajstić information content (AvgIpc) is 2.99. The molecule has 2 aromatic carbocycles. The van der Waals surface area contributed by atoms with Gasteiger partial charge in [-0.3, -0.25) is 0 Å². The number of nitrogens with two attached hydrogens (primary N) is 1. The summed E-state index contributed by atoms with van der Waals surface area (Å²) in [6.45, 7) is 0.0336. The molecule has 1 aliphatic rings. The Morgan fingerprint density at radius 1 is 0.875 bits per heavy atom. The van der Waals surface area contributed by atoms with Crippen molar-refractivity contribution in [1.82, 2.24) is 0 Å². The van der Waals surface area contributed by atoms with E-state index in [9.17, 15) is 19.8 Å². The second-order valence-electron chi connectivity index (χ2n) is 5.05. The third kappa shape index (κ3) is 2.74. The molecule has 0 aromatic heterocycles. The highest BCUT2D eigenvalue weighted by Gasteiger charge is 2.25. The lowest BCUT2D eigenvalue weighted by Gasteiger charge is -2.11. The molecule has 1 aliphatic heterocycles. The molecule has 2 aromatic rings. The minimum Gasteiger partial charge on any atom is -0.478 e. The van der Waals surface area contributed by atoms with Crippen molar-refractivity contribution in [2.24, 2.45) is 0 Å². The van der Waals surface area contributed by atoms with E-state index in [0.29, 0.717) is 17.2 Å². The van der Waals surface area contributed by atoms with E-state index in [1.165, 1.54) is 24.3 Å². The molecule has 0 radical (unpaired) electrons. The Bertz CT molecular complexity index is 871. The lowest BCUT2D eigenvalue weighted by molar-refractivity contribution is -0.132. The monoisotopic (exact) mass is 327 g/mol. The molecule has 0 fully saturated rings. The van der Waals surface area contributed by atoms with Crippen molar-refractivity contribution in [2.75, 3.05) is 12.5 Å². The van der Waals surface area contributed by atoms with Crippen LogP contribution in [0.4, 0.5) is 5.69 Å². The van der Waals surface area contributed by atoms with Gasteiger partial charge in [0, 0.05) is 5.69 Å². The summed E-state index contributed by atoms with van der Waals surface area (Å²) in [6, 6.07) is 10.5. The van der Waals surface area contributed by atoms with E-state index < -0.39 is 11.9 Å². The van der Waals surface area contributed by atoms with Crippen molar-refractivity contribution < 1.29 is 29.3 Å². The minimum absolute atomic E-state index is 0.0336. The fourth-order valence-corrected chi connectivity index (χ4v) is 2.50. The number of ether oxygens (including phenoxy) is 2. The third-order valence-corrected chi connectivity index (χ3v) is 3.51. The molecule has 1 heterocycles. The van der Waals surface area contributed by atoms with Gasteiger partial charge in [0.2, 0.25) is 6.79 Å². The molecule has 0 spiro atoms. The van der Waals surface area contributed by atoms with Crippen molar-refractivity contribution in [3.63, 3.8) is 0 Å². The van der Waals surface area contributed by atoms with E-state index in [4.69, 9.17) is 15.2 Å². The van der Waals surface area contributed by atoms with Crippen LogP contribution in [0.15, 0.2) is 42.5 Å². The molecular weight excluding hydrogens is 314 g/mol. The highest BCUT2D eigenvalue weighted by Crippen LogP contribution is 2.36. The van der Waals surface area contributed by atoms with Crippen LogP contribution in [0.1, 0.15) is 11.1 Å². The van der Waals surface area contributed by atoms with Gasteiger partial charge in [-0.15, -0.1) is 0 Å². The number of carboxylic acid groups (broad SMARTS) is 2. The highest BCUT2D eigenvalue weighted by molar-refractivity contribution is 6.36. The molecule has 0 unspecified atom stereocenters. The predicted molar refractivity (Wildman–Crippen MR) is 85.5 cm³/mol. The second-order valence-corrected chi connectivity index (χ2v) is 5.05. The van der Waals surface area contributed by atoms with Gasteiger partial charge in [-0.25, -0.2) is 9.59 Å². The first kappa shape index (κ1) is 15.4. The third-order valence-electron chi connectivity index (χ3n) is 3.51. The molecule has 0 amide bonds. The lowest BCUT2D eigenvalue weighted by atomic mass is 9.94. The van der Waals surface area contributed by atoms with Gasteiger partial charge in [0.25, 0.3) is 0 Å². The molecule has 0 atom stereocenters. The van der Waals surface area contributed by atoms with E-state index in [1.54, 1.807) is 18.2 Å². The Morgan fingerprint density at radius 2 is 1.50 bits per heavy atom. The first-order chi connectivity index (χ1) is 11.5. The number of carbonyl (C=O) groups is 2. The molecule has 122 valence electrons. The summed E-state index contributed by atoms with van der Waals surface area (Å²) < 4.78 is 10.4. The van der Waals surface area contributed by atoms with Crippen molar-refractivity contribution in [3.8, 4) is 11.5 Å². The van der Waals surface area contributed by atoms with Crippen molar-refractivity contribution >= 4 is 28.8 Å². The SMILES string of the molecule is Nc1cccc(/C(C(=O)O)=C(/C(=O)O)c2ccc3c(c2)OCO3)c1. The molecule has 24 heavy (non-hydrogen) atoms. The minimum atomic E-state index is -1.37. The molecule has 7 heteroatoms. The topological polar surface area (TPSA) is 119 Å². The van der Waals surface area contributed by atoms with Gasteiger partial charge in [-0.05, 0) is 35.4 Å². The van der Waals surface area contributed by atoms with Crippen LogP contribution in [-0.2, 0) is 9.59 Å². The van der Waals surface area contributed by atoms with E-state index in [0.717, 1.165) is 0 Å². The van der Waals surface area contributed by atoms with Gasteiger partial charge in [-0.1, -0.05) is 18.2 Å². The molecule has 0 aliphatic carbocycles. The summed E-state index contributed by atoms with van der Waals surface area (Å²) in [4.78, 5) is 23.5. The molecule has 0 saturated heterocycles. The highest BCUT2D eigenvalue weighted by atomic mass is 16.7. The maximum absolute atomic E-state index is 11.8. The summed E-state index contributed by atoms with van der Waals surface area (Å²) in [5, 5.41) is 19.2. The van der Waals surface area contributed by atoms with Crippen LogP contribution in [0.3, 0.4) is 0 Å². The molecule has 7 nitrogen and oxygen atoms in total. The van der Waals surface area contributed by atoms with E-state index in [1.807, 2.05) is 0 Å². The number of nitrogen functional groups attached to an aromatic ring is 1. The lowest BCUT2D eigenvalue weighted by Crippen LogP contribution is -2.10. The second kappa shape index (κ2) is 5.96. The van der Waals surface area contributed by atoms with Gasteiger partial charge in [0.05, 0.1) is 11.1 Å². The number of fused-ring (bicyclic) bond motifs is 1. The van der Waals surface area contributed by atoms with Crippen LogP contribution in [0, 0.1) is 0 Å². The molecular formula is C17H13NO6. The van der Waals surface area contributed by atoms with Gasteiger partial charge < -0.3 is 25.4 Å². The zero-order valence-corrected chi connectivity index (χ0v) is 12.4. The quantitative estimate of drug-likeness (QED) is 0.447. The standard InChI is InChI=1S/C17H13NO6/c18-11-3-1-2-9(6-11)14(16(19)20)15(17(21)22)10-4-5-12-13(7-10)24-8-23-12/h1-7H,8,18H2,(H,19,20)(H,21,22)/b15-14-. The summed E-state index contributed by atoms with van der Waals surface area (Å²) in [5.74, 6) is -1.89. The van der Waals surface area contributed by atoms with Crippen LogP contribution in [0.5, 0.6) is 11.5 Å². The first-order valence-electron chi connectivity index (χ1n) is 6.94. The first-order valence-corrected chi connectivity index (χ1v) is 6.94. The zero-order valence-electron chi connectivity index (χ0n) is 12.4. The molecule has 0 saturated carbocycles. The van der Waals surface area contributed by atoms with Crippen molar-refractivity contribution in [2.45, 2.75) is 0 Å². The average molecular weight is 327 g/mol. The number of anilines is 1. The van der Waals surface area contributed by atoms with Crippen LogP contribution < -0.4 is 15.2 Å². The van der Waals surface area contributed by atoms with Gasteiger partial charge in [-0.2, -0.15) is 0 Å². The van der Waals surface area contributed by atoms with Crippen molar-refractivity contribution in [1.29, 1.82) is 0 Å². The number of hydrogen-bond acceptors (Lipinski definition) is 5. The Balaban J connectivity index is 2.25. The van der Waals surface area contributed by atoms with Crippen LogP contribution in [0.2, 0.25) is 0 Å². The Kier molecular flexibility index (Phi) is 3.83. The van der Waals surface area contributed by atoms with Crippen LogP contribution in [-0.4, -0.2) is 28.9 Å².